The zero-order chi connectivity index (χ0) is 11.6. The van der Waals surface area contributed by atoms with E-state index >= 15 is 0 Å². The minimum absolute atomic E-state index is 0.255. The molecule has 1 atom stereocenters. The number of ether oxygens (including phenoxy) is 1. The second-order valence-electron chi connectivity index (χ2n) is 4.44. The van der Waals surface area contributed by atoms with Crippen molar-refractivity contribution in [3.05, 3.63) is 33.8 Å². The van der Waals surface area contributed by atoms with E-state index in [4.69, 9.17) is 33.7 Å². The van der Waals surface area contributed by atoms with Crippen LogP contribution in [-0.4, -0.2) is 18.8 Å². The van der Waals surface area contributed by atoms with Crippen molar-refractivity contribution in [3.8, 4) is 0 Å². The second-order valence-corrected chi connectivity index (χ2v) is 5.26. The minimum atomic E-state index is -0.255. The Hall–Kier alpha value is -0.280. The van der Waals surface area contributed by atoms with E-state index in [0.29, 0.717) is 16.7 Å². The maximum atomic E-state index is 6.28. The molecule has 4 heteroatoms. The molecule has 16 heavy (non-hydrogen) atoms. The molecule has 1 aliphatic rings. The van der Waals surface area contributed by atoms with Crippen LogP contribution in [0.15, 0.2) is 18.2 Å². The first-order valence-corrected chi connectivity index (χ1v) is 6.15. The molecule has 0 aliphatic carbocycles. The van der Waals surface area contributed by atoms with Crippen LogP contribution in [0, 0.1) is 0 Å². The molecule has 88 valence electrons. The third-order valence-corrected chi connectivity index (χ3v) is 3.63. The Morgan fingerprint density at radius 1 is 1.31 bits per heavy atom. The lowest BCUT2D eigenvalue weighted by Gasteiger charge is -2.33. The van der Waals surface area contributed by atoms with Gasteiger partial charge in [0.25, 0.3) is 0 Å². The summed E-state index contributed by atoms with van der Waals surface area (Å²) in [6.45, 7) is 1.44. The van der Waals surface area contributed by atoms with Gasteiger partial charge in [0.05, 0.1) is 16.7 Å². The maximum absolute atomic E-state index is 6.28. The minimum Gasteiger partial charge on any atom is -0.380 e. The van der Waals surface area contributed by atoms with Gasteiger partial charge in [-0.2, -0.15) is 0 Å². The van der Waals surface area contributed by atoms with E-state index in [-0.39, 0.29) is 5.54 Å². The molecular formula is C12H15Cl2NO. The van der Waals surface area contributed by atoms with E-state index in [1.165, 1.54) is 0 Å². The average molecular weight is 260 g/mol. The van der Waals surface area contributed by atoms with Gasteiger partial charge in [-0.3, -0.25) is 0 Å². The Balaban J connectivity index is 2.10. The molecule has 1 unspecified atom stereocenters. The van der Waals surface area contributed by atoms with Gasteiger partial charge in [0.1, 0.15) is 0 Å². The number of hydrogen-bond acceptors (Lipinski definition) is 2. The Kier molecular flexibility index (Phi) is 3.75. The summed E-state index contributed by atoms with van der Waals surface area (Å²) in [5.41, 5.74) is 7.14. The zero-order valence-electron chi connectivity index (χ0n) is 9.01. The van der Waals surface area contributed by atoms with Crippen molar-refractivity contribution in [1.29, 1.82) is 0 Å². The van der Waals surface area contributed by atoms with E-state index < -0.39 is 0 Å². The van der Waals surface area contributed by atoms with Crippen molar-refractivity contribution in [3.63, 3.8) is 0 Å². The number of halogens is 2. The summed E-state index contributed by atoms with van der Waals surface area (Å²) in [7, 11) is 0. The molecule has 1 aromatic carbocycles. The van der Waals surface area contributed by atoms with E-state index in [2.05, 4.69) is 0 Å². The average Bonchev–Trinajstić information content (AvgIpc) is 2.24. The van der Waals surface area contributed by atoms with Crippen LogP contribution >= 0.6 is 23.2 Å². The Morgan fingerprint density at radius 3 is 2.75 bits per heavy atom. The van der Waals surface area contributed by atoms with Gasteiger partial charge < -0.3 is 10.5 Å². The summed E-state index contributed by atoms with van der Waals surface area (Å²) in [5, 5.41) is 1.16. The third kappa shape index (κ3) is 2.89. The van der Waals surface area contributed by atoms with Gasteiger partial charge in [-0.1, -0.05) is 29.3 Å². The van der Waals surface area contributed by atoms with Crippen LogP contribution in [0.25, 0.3) is 0 Å². The molecule has 0 aromatic heterocycles. The summed E-state index contributed by atoms with van der Waals surface area (Å²) in [6.07, 6.45) is 2.80. The molecule has 0 amide bonds. The predicted octanol–water partition coefficient (Wildman–Crippen LogP) is 3.04. The van der Waals surface area contributed by atoms with Gasteiger partial charge in [-0.05, 0) is 37.0 Å². The van der Waals surface area contributed by atoms with Crippen molar-refractivity contribution in [1.82, 2.24) is 0 Å². The van der Waals surface area contributed by atoms with E-state index in [9.17, 15) is 0 Å². The molecule has 1 fully saturated rings. The Bertz CT molecular complexity index is 375. The Labute approximate surface area is 106 Å². The normalized spacial score (nSPS) is 25.7. The lowest BCUT2D eigenvalue weighted by Crippen LogP contribution is -2.49. The van der Waals surface area contributed by atoms with Gasteiger partial charge in [0.2, 0.25) is 0 Å². The standard InChI is InChI=1S/C12H15Cl2NO/c13-10-3-2-9(6-11(10)14)7-12(15)4-1-5-16-8-12/h2-3,6H,1,4-5,7-8,15H2. The summed E-state index contributed by atoms with van der Waals surface area (Å²) in [4.78, 5) is 0. The SMILES string of the molecule is NC1(Cc2ccc(Cl)c(Cl)c2)CCCOC1. The fourth-order valence-electron chi connectivity index (χ4n) is 2.07. The smallest absolute Gasteiger partial charge is 0.0649 e. The van der Waals surface area contributed by atoms with E-state index in [0.717, 1.165) is 31.4 Å². The summed E-state index contributed by atoms with van der Waals surface area (Å²) >= 11 is 11.8. The van der Waals surface area contributed by atoms with Gasteiger partial charge in [0.15, 0.2) is 0 Å². The van der Waals surface area contributed by atoms with Gasteiger partial charge in [-0.15, -0.1) is 0 Å². The number of benzene rings is 1. The monoisotopic (exact) mass is 259 g/mol. The number of hydrogen-bond donors (Lipinski definition) is 1. The fourth-order valence-corrected chi connectivity index (χ4v) is 2.39. The Morgan fingerprint density at radius 2 is 2.12 bits per heavy atom. The van der Waals surface area contributed by atoms with Gasteiger partial charge in [-0.25, -0.2) is 0 Å². The van der Waals surface area contributed by atoms with Crippen LogP contribution < -0.4 is 5.73 Å². The van der Waals surface area contributed by atoms with Crippen LogP contribution in [0.1, 0.15) is 18.4 Å². The molecule has 2 nitrogen and oxygen atoms in total. The lowest BCUT2D eigenvalue weighted by atomic mass is 9.87. The van der Waals surface area contributed by atoms with Crippen molar-refractivity contribution >= 4 is 23.2 Å². The molecule has 0 saturated carbocycles. The largest absolute Gasteiger partial charge is 0.380 e. The molecular weight excluding hydrogens is 245 g/mol. The molecule has 1 heterocycles. The summed E-state index contributed by atoms with van der Waals surface area (Å²) < 4.78 is 5.43. The number of rotatable bonds is 2. The highest BCUT2D eigenvalue weighted by atomic mass is 35.5. The maximum Gasteiger partial charge on any atom is 0.0649 e. The topological polar surface area (TPSA) is 35.2 Å². The van der Waals surface area contributed by atoms with Gasteiger partial charge >= 0.3 is 0 Å². The van der Waals surface area contributed by atoms with Gasteiger partial charge in [0, 0.05) is 12.1 Å². The van der Waals surface area contributed by atoms with Crippen molar-refractivity contribution in [2.75, 3.05) is 13.2 Å². The molecule has 0 bridgehead atoms. The number of nitrogens with two attached hydrogens (primary N) is 1. The molecule has 0 radical (unpaired) electrons. The third-order valence-electron chi connectivity index (χ3n) is 2.89. The van der Waals surface area contributed by atoms with Crippen LogP contribution in [0.4, 0.5) is 0 Å². The highest BCUT2D eigenvalue weighted by molar-refractivity contribution is 6.42. The molecule has 1 aromatic rings. The van der Waals surface area contributed by atoms with Crippen molar-refractivity contribution < 1.29 is 4.74 Å². The molecule has 2 N–H and O–H groups in total. The van der Waals surface area contributed by atoms with Crippen LogP contribution in [0.2, 0.25) is 10.0 Å². The van der Waals surface area contributed by atoms with E-state index in [1.807, 2.05) is 18.2 Å². The first-order valence-electron chi connectivity index (χ1n) is 5.40. The molecule has 0 spiro atoms. The van der Waals surface area contributed by atoms with Crippen molar-refractivity contribution in [2.45, 2.75) is 24.8 Å². The van der Waals surface area contributed by atoms with E-state index in [1.54, 1.807) is 0 Å². The summed E-state index contributed by atoms with van der Waals surface area (Å²) in [6, 6.07) is 5.66. The predicted molar refractivity (Wildman–Crippen MR) is 67.1 cm³/mol. The lowest BCUT2D eigenvalue weighted by molar-refractivity contribution is 0.0382. The van der Waals surface area contributed by atoms with Crippen molar-refractivity contribution in [2.24, 2.45) is 5.73 Å². The second kappa shape index (κ2) is 4.92. The molecule has 2 rings (SSSR count). The zero-order valence-corrected chi connectivity index (χ0v) is 10.5. The first-order chi connectivity index (χ1) is 7.59. The highest BCUT2D eigenvalue weighted by Gasteiger charge is 2.28. The van der Waals surface area contributed by atoms with Crippen LogP contribution in [0.3, 0.4) is 0 Å². The first kappa shape index (κ1) is 12.2. The van der Waals surface area contributed by atoms with Crippen LogP contribution in [0.5, 0.6) is 0 Å². The fraction of sp³-hybridized carbons (Fsp3) is 0.500. The highest BCUT2D eigenvalue weighted by Crippen LogP contribution is 2.26. The quantitative estimate of drug-likeness (QED) is 0.887. The summed E-state index contributed by atoms with van der Waals surface area (Å²) in [5.74, 6) is 0. The molecule has 1 saturated heterocycles. The van der Waals surface area contributed by atoms with Crippen LogP contribution in [-0.2, 0) is 11.2 Å². The molecule has 1 aliphatic heterocycles.